The number of rotatable bonds is 6. The molecular weight excluding hydrogens is 314 g/mol. The van der Waals surface area contributed by atoms with Crippen LogP contribution in [0.1, 0.15) is 19.8 Å². The van der Waals surface area contributed by atoms with Crippen molar-refractivity contribution in [2.75, 3.05) is 6.54 Å². The molecule has 1 atom stereocenters. The van der Waals surface area contributed by atoms with Crippen LogP contribution in [0.3, 0.4) is 0 Å². The van der Waals surface area contributed by atoms with E-state index in [1.54, 1.807) is 6.07 Å². The van der Waals surface area contributed by atoms with Gasteiger partial charge >= 0.3 is 0 Å². The fraction of sp³-hybridized carbons (Fsp3) is 0.556. The first-order valence-electron chi connectivity index (χ1n) is 4.88. The Morgan fingerprint density at radius 2 is 2.25 bits per heavy atom. The SMILES string of the molecule is CCCC(O)CNS(=O)(=O)c1ccc(Br)s1. The van der Waals surface area contributed by atoms with E-state index >= 15 is 0 Å². The third-order valence-corrected chi connectivity index (χ3v) is 5.48. The van der Waals surface area contributed by atoms with Crippen LogP contribution < -0.4 is 4.72 Å². The van der Waals surface area contributed by atoms with Crippen LogP contribution in [-0.4, -0.2) is 26.2 Å². The summed E-state index contributed by atoms with van der Waals surface area (Å²) in [6, 6.07) is 3.21. The summed E-state index contributed by atoms with van der Waals surface area (Å²) in [6.45, 7) is 2.00. The zero-order chi connectivity index (χ0) is 12.2. The zero-order valence-corrected chi connectivity index (χ0v) is 12.0. The Morgan fingerprint density at radius 1 is 1.56 bits per heavy atom. The van der Waals surface area contributed by atoms with E-state index in [9.17, 15) is 13.5 Å². The third-order valence-electron chi connectivity index (χ3n) is 1.94. The Labute approximate surface area is 108 Å². The molecule has 2 N–H and O–H groups in total. The van der Waals surface area contributed by atoms with Gasteiger partial charge in [0.2, 0.25) is 10.0 Å². The number of aliphatic hydroxyl groups excluding tert-OH is 1. The molecule has 0 aromatic carbocycles. The summed E-state index contributed by atoms with van der Waals surface area (Å²) in [5, 5.41) is 9.43. The Kier molecular flexibility index (Phi) is 5.39. The first-order valence-corrected chi connectivity index (χ1v) is 7.98. The lowest BCUT2D eigenvalue weighted by Crippen LogP contribution is -2.31. The van der Waals surface area contributed by atoms with E-state index in [2.05, 4.69) is 20.7 Å². The molecule has 92 valence electrons. The van der Waals surface area contributed by atoms with Crippen LogP contribution >= 0.6 is 27.3 Å². The standard InChI is InChI=1S/C9H14BrNO3S2/c1-2-3-7(12)6-11-16(13,14)9-5-4-8(10)15-9/h4-5,7,11-12H,2-3,6H2,1H3. The van der Waals surface area contributed by atoms with Gasteiger partial charge < -0.3 is 5.11 Å². The van der Waals surface area contributed by atoms with Gasteiger partial charge in [0.25, 0.3) is 0 Å². The normalized spacial score (nSPS) is 13.9. The van der Waals surface area contributed by atoms with E-state index in [4.69, 9.17) is 0 Å². The molecule has 16 heavy (non-hydrogen) atoms. The second-order valence-electron chi connectivity index (χ2n) is 3.35. The van der Waals surface area contributed by atoms with Crippen molar-refractivity contribution >= 4 is 37.3 Å². The number of hydrogen-bond donors (Lipinski definition) is 2. The molecule has 0 fully saturated rings. The molecule has 0 spiro atoms. The zero-order valence-electron chi connectivity index (χ0n) is 8.81. The van der Waals surface area contributed by atoms with Crippen LogP contribution in [0.25, 0.3) is 0 Å². The molecule has 4 nitrogen and oxygen atoms in total. The maximum absolute atomic E-state index is 11.7. The largest absolute Gasteiger partial charge is 0.392 e. The maximum atomic E-state index is 11.7. The van der Waals surface area contributed by atoms with Crippen molar-refractivity contribution in [1.29, 1.82) is 0 Å². The quantitative estimate of drug-likeness (QED) is 0.839. The second-order valence-corrected chi connectivity index (χ2v) is 7.81. The summed E-state index contributed by atoms with van der Waals surface area (Å²) < 4.78 is 26.8. The summed E-state index contributed by atoms with van der Waals surface area (Å²) in [5.74, 6) is 0. The summed E-state index contributed by atoms with van der Waals surface area (Å²) in [6.07, 6.45) is 0.799. The molecule has 1 rings (SSSR count). The summed E-state index contributed by atoms with van der Waals surface area (Å²) in [5.41, 5.74) is 0. The van der Waals surface area contributed by atoms with E-state index in [-0.39, 0.29) is 10.8 Å². The van der Waals surface area contributed by atoms with E-state index in [1.165, 1.54) is 6.07 Å². The van der Waals surface area contributed by atoms with Crippen LogP contribution in [0.4, 0.5) is 0 Å². The highest BCUT2D eigenvalue weighted by molar-refractivity contribution is 9.11. The van der Waals surface area contributed by atoms with Crippen LogP contribution in [0.2, 0.25) is 0 Å². The van der Waals surface area contributed by atoms with Crippen molar-refractivity contribution in [3.8, 4) is 0 Å². The lowest BCUT2D eigenvalue weighted by Gasteiger charge is -2.09. The number of thiophene rings is 1. The molecule has 1 unspecified atom stereocenters. The number of aliphatic hydroxyl groups is 1. The molecule has 1 aromatic rings. The number of nitrogens with one attached hydrogen (secondary N) is 1. The lowest BCUT2D eigenvalue weighted by molar-refractivity contribution is 0.167. The Balaban J connectivity index is 2.59. The summed E-state index contributed by atoms with van der Waals surface area (Å²) in [7, 11) is -3.47. The first kappa shape index (κ1) is 14.1. The highest BCUT2D eigenvalue weighted by Crippen LogP contribution is 2.25. The molecule has 0 aliphatic rings. The van der Waals surface area contributed by atoms with Crippen molar-refractivity contribution in [2.24, 2.45) is 0 Å². The highest BCUT2D eigenvalue weighted by atomic mass is 79.9. The Morgan fingerprint density at radius 3 is 2.75 bits per heavy atom. The molecule has 0 bridgehead atoms. The number of halogens is 1. The van der Waals surface area contributed by atoms with Crippen LogP contribution in [0.5, 0.6) is 0 Å². The van der Waals surface area contributed by atoms with Crippen molar-refractivity contribution in [2.45, 2.75) is 30.1 Å². The van der Waals surface area contributed by atoms with Gasteiger partial charge in [0, 0.05) is 6.54 Å². The topological polar surface area (TPSA) is 66.4 Å². The van der Waals surface area contributed by atoms with Gasteiger partial charge in [-0.1, -0.05) is 13.3 Å². The molecule has 0 saturated carbocycles. The van der Waals surface area contributed by atoms with Gasteiger partial charge in [-0.25, -0.2) is 13.1 Å². The van der Waals surface area contributed by atoms with Crippen LogP contribution in [0, 0.1) is 0 Å². The minimum absolute atomic E-state index is 0.0612. The van der Waals surface area contributed by atoms with Gasteiger partial charge in [-0.05, 0) is 34.5 Å². The average molecular weight is 328 g/mol. The molecular formula is C9H14BrNO3S2. The van der Waals surface area contributed by atoms with E-state index < -0.39 is 16.1 Å². The molecule has 0 aliphatic carbocycles. The predicted octanol–water partition coefficient (Wildman–Crippen LogP) is 1.95. The van der Waals surface area contributed by atoms with E-state index in [0.29, 0.717) is 6.42 Å². The monoisotopic (exact) mass is 327 g/mol. The Bertz CT molecular complexity index is 430. The smallest absolute Gasteiger partial charge is 0.250 e. The second kappa shape index (κ2) is 6.11. The Hall–Kier alpha value is 0.0500. The fourth-order valence-electron chi connectivity index (χ4n) is 1.15. The molecule has 0 aliphatic heterocycles. The number of hydrogen-bond acceptors (Lipinski definition) is 4. The van der Waals surface area contributed by atoms with Crippen molar-refractivity contribution in [1.82, 2.24) is 4.72 Å². The van der Waals surface area contributed by atoms with Crippen molar-refractivity contribution in [3.63, 3.8) is 0 Å². The molecule has 0 radical (unpaired) electrons. The molecule has 1 heterocycles. The molecule has 0 saturated heterocycles. The molecule has 7 heteroatoms. The van der Waals surface area contributed by atoms with Gasteiger partial charge in [-0.3, -0.25) is 0 Å². The minimum Gasteiger partial charge on any atom is -0.392 e. The molecule has 0 amide bonds. The predicted molar refractivity (Wildman–Crippen MR) is 68.1 cm³/mol. The fourth-order valence-corrected chi connectivity index (χ4v) is 4.28. The summed E-state index contributed by atoms with van der Waals surface area (Å²) in [4.78, 5) is 0. The lowest BCUT2D eigenvalue weighted by atomic mass is 10.2. The third kappa shape index (κ3) is 4.14. The molecule has 1 aromatic heterocycles. The van der Waals surface area contributed by atoms with Gasteiger partial charge in [-0.15, -0.1) is 11.3 Å². The van der Waals surface area contributed by atoms with Crippen molar-refractivity contribution < 1.29 is 13.5 Å². The van der Waals surface area contributed by atoms with Gasteiger partial charge in [0.15, 0.2) is 0 Å². The number of sulfonamides is 1. The first-order chi connectivity index (χ1) is 7.45. The van der Waals surface area contributed by atoms with Crippen LogP contribution in [-0.2, 0) is 10.0 Å². The average Bonchev–Trinajstić information content (AvgIpc) is 2.63. The van der Waals surface area contributed by atoms with E-state index in [0.717, 1.165) is 21.5 Å². The van der Waals surface area contributed by atoms with Crippen LogP contribution in [0.15, 0.2) is 20.1 Å². The maximum Gasteiger partial charge on any atom is 0.250 e. The van der Waals surface area contributed by atoms with Crippen molar-refractivity contribution in [3.05, 3.63) is 15.9 Å². The van der Waals surface area contributed by atoms with Gasteiger partial charge in [-0.2, -0.15) is 0 Å². The van der Waals surface area contributed by atoms with E-state index in [1.807, 2.05) is 6.92 Å². The highest BCUT2D eigenvalue weighted by Gasteiger charge is 2.17. The van der Waals surface area contributed by atoms with Gasteiger partial charge in [0.05, 0.1) is 9.89 Å². The summed E-state index contributed by atoms with van der Waals surface area (Å²) >= 11 is 4.35. The minimum atomic E-state index is -3.47. The van der Waals surface area contributed by atoms with Gasteiger partial charge in [0.1, 0.15) is 4.21 Å².